The van der Waals surface area contributed by atoms with Gasteiger partial charge in [0.15, 0.2) is 0 Å². The van der Waals surface area contributed by atoms with Gasteiger partial charge in [-0.1, -0.05) is 0 Å². The third-order valence-electron chi connectivity index (χ3n) is 5.24. The summed E-state index contributed by atoms with van der Waals surface area (Å²) >= 11 is 0. The van der Waals surface area contributed by atoms with Gasteiger partial charge in [0.2, 0.25) is 0 Å². The number of carbonyl (C=O) groups excluding carboxylic acids is 1. The maximum absolute atomic E-state index is 12.3. The zero-order chi connectivity index (χ0) is 15.2. The van der Waals surface area contributed by atoms with Gasteiger partial charge in [0, 0.05) is 5.54 Å². The molecule has 0 spiro atoms. The summed E-state index contributed by atoms with van der Waals surface area (Å²) in [7, 11) is 0. The van der Waals surface area contributed by atoms with Gasteiger partial charge >= 0.3 is 18.0 Å². The van der Waals surface area contributed by atoms with Crippen LogP contribution in [0.4, 0.5) is 4.79 Å². The van der Waals surface area contributed by atoms with Gasteiger partial charge in [-0.05, 0) is 49.9 Å². The van der Waals surface area contributed by atoms with Gasteiger partial charge in [0.1, 0.15) is 13.1 Å². The third-order valence-corrected chi connectivity index (χ3v) is 5.24. The van der Waals surface area contributed by atoms with Crippen LogP contribution in [0.3, 0.4) is 0 Å². The van der Waals surface area contributed by atoms with Crippen LogP contribution >= 0.6 is 0 Å². The lowest BCUT2D eigenvalue weighted by Crippen LogP contribution is -2.56. The smallest absolute Gasteiger partial charge is 0.323 e. The van der Waals surface area contributed by atoms with Crippen LogP contribution in [0, 0.1) is 17.8 Å². The highest BCUT2D eigenvalue weighted by Crippen LogP contribution is 2.59. The SMILES string of the molecule is O=C(O)CN(CC(=O)O)C(=O)NC12CC3CC(C1)C(C3)C2. The highest BCUT2D eigenvalue weighted by atomic mass is 16.4. The first-order valence-corrected chi connectivity index (χ1v) is 7.37. The number of urea groups is 1. The van der Waals surface area contributed by atoms with E-state index in [2.05, 4.69) is 5.32 Å². The van der Waals surface area contributed by atoms with Crippen molar-refractivity contribution < 1.29 is 24.6 Å². The normalized spacial score (nSPS) is 35.7. The van der Waals surface area contributed by atoms with E-state index in [0.29, 0.717) is 17.8 Å². The van der Waals surface area contributed by atoms with Gasteiger partial charge in [0.05, 0.1) is 0 Å². The van der Waals surface area contributed by atoms with Crippen LogP contribution in [0.25, 0.3) is 0 Å². The van der Waals surface area contributed by atoms with Gasteiger partial charge < -0.3 is 20.4 Å². The average molecular weight is 296 g/mol. The summed E-state index contributed by atoms with van der Waals surface area (Å²) in [5, 5.41) is 20.6. The Labute approximate surface area is 122 Å². The van der Waals surface area contributed by atoms with Crippen molar-refractivity contribution in [3.63, 3.8) is 0 Å². The Hall–Kier alpha value is -1.79. The second kappa shape index (κ2) is 4.89. The van der Waals surface area contributed by atoms with E-state index in [0.717, 1.165) is 24.2 Å². The molecular formula is C14H20N2O5. The van der Waals surface area contributed by atoms with Crippen LogP contribution in [0.15, 0.2) is 0 Å². The van der Waals surface area contributed by atoms with Crippen LogP contribution in [-0.2, 0) is 9.59 Å². The predicted octanol–water partition coefficient (Wildman–Crippen LogP) is 0.746. The molecule has 7 nitrogen and oxygen atoms in total. The van der Waals surface area contributed by atoms with E-state index in [1.54, 1.807) is 0 Å². The molecule has 3 N–H and O–H groups in total. The number of nitrogens with zero attached hydrogens (tertiary/aromatic N) is 1. The maximum Gasteiger partial charge on any atom is 0.323 e. The number of rotatable bonds is 5. The van der Waals surface area contributed by atoms with E-state index in [9.17, 15) is 14.4 Å². The standard InChI is InChI=1S/C14H20N2O5/c17-11(18)6-16(7-12(19)20)13(21)15-14-3-8-1-9(4-14)10(2-8)5-14/h8-10H,1-7H2,(H,15,21)(H,17,18)(H,19,20). The molecule has 0 aromatic carbocycles. The lowest BCUT2D eigenvalue weighted by atomic mass is 9.76. The molecule has 0 radical (unpaired) electrons. The molecular weight excluding hydrogens is 276 g/mol. The zero-order valence-electron chi connectivity index (χ0n) is 11.7. The quantitative estimate of drug-likeness (QED) is 0.694. The topological polar surface area (TPSA) is 107 Å². The van der Waals surface area contributed by atoms with Crippen LogP contribution in [-0.4, -0.2) is 51.7 Å². The fourth-order valence-corrected chi connectivity index (χ4v) is 4.80. The molecule has 21 heavy (non-hydrogen) atoms. The minimum atomic E-state index is -1.21. The van der Waals surface area contributed by atoms with E-state index in [1.807, 2.05) is 0 Å². The Morgan fingerprint density at radius 2 is 1.52 bits per heavy atom. The monoisotopic (exact) mass is 296 g/mol. The largest absolute Gasteiger partial charge is 0.480 e. The molecule has 4 rings (SSSR count). The molecule has 0 aromatic heterocycles. The summed E-state index contributed by atoms with van der Waals surface area (Å²) in [6.45, 7) is -1.19. The van der Waals surface area contributed by atoms with Gasteiger partial charge in [-0.2, -0.15) is 0 Å². The molecule has 0 aromatic rings. The maximum atomic E-state index is 12.3. The first kappa shape index (κ1) is 14.2. The van der Waals surface area contributed by atoms with Gasteiger partial charge in [-0.25, -0.2) is 4.79 Å². The van der Waals surface area contributed by atoms with Crippen molar-refractivity contribution in [3.8, 4) is 0 Å². The Morgan fingerprint density at radius 1 is 1.00 bits per heavy atom. The van der Waals surface area contributed by atoms with Crippen LogP contribution in [0.2, 0.25) is 0 Å². The van der Waals surface area contributed by atoms with E-state index in [4.69, 9.17) is 10.2 Å². The van der Waals surface area contributed by atoms with Gasteiger partial charge in [-0.3, -0.25) is 9.59 Å². The zero-order valence-corrected chi connectivity index (χ0v) is 11.7. The Morgan fingerprint density at radius 3 is 1.95 bits per heavy atom. The van der Waals surface area contributed by atoms with E-state index in [1.165, 1.54) is 12.8 Å². The molecule has 2 unspecified atom stereocenters. The Kier molecular flexibility index (Phi) is 3.30. The molecule has 0 saturated heterocycles. The fourth-order valence-electron chi connectivity index (χ4n) is 4.80. The summed E-state index contributed by atoms with van der Waals surface area (Å²) in [6, 6.07) is -0.568. The number of carboxylic acid groups (broad SMARTS) is 2. The minimum absolute atomic E-state index is 0.233. The Bertz CT molecular complexity index is 456. The van der Waals surface area contributed by atoms with Crippen molar-refractivity contribution in [3.05, 3.63) is 0 Å². The lowest BCUT2D eigenvalue weighted by molar-refractivity contribution is -0.140. The summed E-state index contributed by atoms with van der Waals surface area (Å²) in [5.74, 6) is -0.400. The molecule has 0 heterocycles. The number of hydrogen-bond donors (Lipinski definition) is 3. The number of carboxylic acids is 2. The molecule has 2 atom stereocenters. The number of aliphatic carboxylic acids is 2. The van der Waals surface area contributed by atoms with Crippen molar-refractivity contribution in [1.82, 2.24) is 10.2 Å². The second-order valence-electron chi connectivity index (χ2n) is 6.82. The van der Waals surface area contributed by atoms with Gasteiger partial charge in [0.25, 0.3) is 0 Å². The Balaban J connectivity index is 1.67. The van der Waals surface area contributed by atoms with Crippen molar-refractivity contribution in [2.24, 2.45) is 17.8 Å². The van der Waals surface area contributed by atoms with Crippen LogP contribution in [0.5, 0.6) is 0 Å². The first-order valence-electron chi connectivity index (χ1n) is 7.37. The first-order chi connectivity index (χ1) is 9.87. The van der Waals surface area contributed by atoms with Crippen molar-refractivity contribution >= 4 is 18.0 Å². The number of nitrogens with one attached hydrogen (secondary N) is 1. The fraction of sp³-hybridized carbons (Fsp3) is 0.786. The van der Waals surface area contributed by atoms with E-state index in [-0.39, 0.29) is 5.54 Å². The lowest BCUT2D eigenvalue weighted by Gasteiger charge is -2.40. The third kappa shape index (κ3) is 2.69. The second-order valence-corrected chi connectivity index (χ2v) is 6.82. The highest BCUT2D eigenvalue weighted by molar-refractivity contribution is 5.84. The van der Waals surface area contributed by atoms with Crippen molar-refractivity contribution in [2.45, 2.75) is 37.6 Å². The average Bonchev–Trinajstić information content (AvgIpc) is 2.74. The molecule has 2 amide bonds. The molecule has 0 aliphatic heterocycles. The number of carbonyl (C=O) groups is 3. The van der Waals surface area contributed by atoms with Crippen molar-refractivity contribution in [1.29, 1.82) is 0 Å². The molecule has 4 aliphatic rings. The van der Waals surface area contributed by atoms with E-state index < -0.39 is 31.1 Å². The summed E-state index contributed by atoms with van der Waals surface area (Å²) < 4.78 is 0. The summed E-state index contributed by atoms with van der Waals surface area (Å²) in [6.07, 6.45) is 5.34. The predicted molar refractivity (Wildman–Crippen MR) is 71.7 cm³/mol. The van der Waals surface area contributed by atoms with Crippen molar-refractivity contribution in [2.75, 3.05) is 13.1 Å². The number of amides is 2. The van der Waals surface area contributed by atoms with Crippen LogP contribution < -0.4 is 5.32 Å². The molecule has 4 aliphatic carbocycles. The molecule has 4 fully saturated rings. The molecule has 116 valence electrons. The van der Waals surface area contributed by atoms with E-state index >= 15 is 0 Å². The summed E-state index contributed by atoms with van der Waals surface area (Å²) in [5.41, 5.74) is -0.233. The molecule has 4 bridgehead atoms. The van der Waals surface area contributed by atoms with Crippen LogP contribution in [0.1, 0.15) is 32.1 Å². The highest BCUT2D eigenvalue weighted by Gasteiger charge is 2.56. The number of hydrogen-bond acceptors (Lipinski definition) is 3. The summed E-state index contributed by atoms with van der Waals surface area (Å²) in [4.78, 5) is 34.7. The van der Waals surface area contributed by atoms with Gasteiger partial charge in [-0.15, -0.1) is 0 Å². The minimum Gasteiger partial charge on any atom is -0.480 e. The molecule has 7 heteroatoms. The molecule has 4 saturated carbocycles.